The molecule has 1 amide bonds. The van der Waals surface area contributed by atoms with Gasteiger partial charge in [0.1, 0.15) is 22.9 Å². The molecule has 3 heterocycles. The Hall–Kier alpha value is -4.71. The van der Waals surface area contributed by atoms with E-state index in [4.69, 9.17) is 23.4 Å². The number of esters is 1. The first-order chi connectivity index (χ1) is 19.2. The van der Waals surface area contributed by atoms with Crippen LogP contribution in [-0.2, 0) is 4.74 Å². The zero-order valence-corrected chi connectivity index (χ0v) is 22.7. The summed E-state index contributed by atoms with van der Waals surface area (Å²) in [7, 11) is 4.31. The molecule has 1 aliphatic heterocycles. The third-order valence-electron chi connectivity index (χ3n) is 6.34. The number of benzene rings is 2. The molecule has 1 aliphatic rings. The van der Waals surface area contributed by atoms with Crippen molar-refractivity contribution in [2.24, 2.45) is 0 Å². The van der Waals surface area contributed by atoms with Crippen LogP contribution in [0.3, 0.4) is 0 Å². The molecule has 10 nitrogen and oxygen atoms in total. The summed E-state index contributed by atoms with van der Waals surface area (Å²) in [4.78, 5) is 46.3. The van der Waals surface area contributed by atoms with Crippen LogP contribution in [0.25, 0.3) is 11.0 Å². The molecule has 0 aliphatic carbocycles. The number of ether oxygens (including phenoxy) is 4. The molecule has 0 bridgehead atoms. The second-order valence-electron chi connectivity index (χ2n) is 8.65. The van der Waals surface area contributed by atoms with Gasteiger partial charge in [-0.15, -0.1) is 0 Å². The molecule has 2 aromatic carbocycles. The number of methoxy groups -OCH3 is 3. The fraction of sp³-hybridized carbons (Fsp3) is 0.214. The van der Waals surface area contributed by atoms with E-state index >= 15 is 0 Å². The number of thiazole rings is 1. The lowest BCUT2D eigenvalue weighted by Gasteiger charge is -2.24. The summed E-state index contributed by atoms with van der Waals surface area (Å²) < 4.78 is 41.6. The first-order valence-corrected chi connectivity index (χ1v) is 12.7. The van der Waals surface area contributed by atoms with Gasteiger partial charge >= 0.3 is 5.97 Å². The number of halogens is 1. The molecule has 0 spiro atoms. The van der Waals surface area contributed by atoms with E-state index < -0.39 is 29.2 Å². The first kappa shape index (κ1) is 26.9. The molecule has 40 heavy (non-hydrogen) atoms. The van der Waals surface area contributed by atoms with Gasteiger partial charge in [-0.05, 0) is 42.8 Å². The average Bonchev–Trinajstić information content (AvgIpc) is 3.48. The minimum atomic E-state index is -1.09. The van der Waals surface area contributed by atoms with E-state index in [1.54, 1.807) is 19.1 Å². The topological polar surface area (TPSA) is 117 Å². The van der Waals surface area contributed by atoms with Crippen molar-refractivity contribution in [3.05, 3.63) is 86.5 Å². The molecule has 4 aromatic rings. The zero-order chi connectivity index (χ0) is 28.7. The van der Waals surface area contributed by atoms with Crippen LogP contribution in [0.5, 0.6) is 17.2 Å². The van der Waals surface area contributed by atoms with E-state index in [9.17, 15) is 18.8 Å². The first-order valence-electron chi connectivity index (χ1n) is 11.9. The average molecular weight is 567 g/mol. The number of rotatable bonds is 8. The Labute approximate surface area is 231 Å². The van der Waals surface area contributed by atoms with Gasteiger partial charge in [0.05, 0.1) is 44.0 Å². The van der Waals surface area contributed by atoms with Gasteiger partial charge in [0.15, 0.2) is 22.1 Å². The van der Waals surface area contributed by atoms with Gasteiger partial charge in [-0.3, -0.25) is 14.5 Å². The predicted octanol–water partition coefficient (Wildman–Crippen LogP) is 4.82. The summed E-state index contributed by atoms with van der Waals surface area (Å²) in [6, 6.07) is 5.58. The van der Waals surface area contributed by atoms with Gasteiger partial charge in [-0.1, -0.05) is 24.0 Å². The monoisotopic (exact) mass is 566 g/mol. The van der Waals surface area contributed by atoms with Gasteiger partial charge in [0.25, 0.3) is 5.91 Å². The number of aromatic nitrogens is 1. The van der Waals surface area contributed by atoms with Gasteiger partial charge in [0, 0.05) is 0 Å². The summed E-state index contributed by atoms with van der Waals surface area (Å²) in [5.41, 5.74) is 0.152. The number of hydrogen-bond donors (Lipinski definition) is 0. The van der Waals surface area contributed by atoms with Crippen molar-refractivity contribution in [3.63, 3.8) is 0 Å². The standard InChI is InChI=1S/C28H23FN2O8S/c1-6-9-38-27(34)25-13(2)30-28(40-25)31-21(14-10-18(35-3)23(37-5)19(11-14)36-4)20-22(32)16-12-15(29)7-8-17(16)39-24(20)26(31)33/h6-8,10-12,21H,1,9H2,2-5H3. The van der Waals surface area contributed by atoms with Gasteiger partial charge in [0.2, 0.25) is 11.5 Å². The Morgan fingerprint density at radius 3 is 2.48 bits per heavy atom. The van der Waals surface area contributed by atoms with Crippen LogP contribution >= 0.6 is 11.3 Å². The second-order valence-corrected chi connectivity index (χ2v) is 9.63. The molecule has 1 unspecified atom stereocenters. The third kappa shape index (κ3) is 4.26. The SMILES string of the molecule is C=CCOC(=O)c1sc(N2C(=O)c3oc4ccc(F)cc4c(=O)c3C2c2cc(OC)c(OC)c(OC)c2)nc1C. The highest BCUT2D eigenvalue weighted by atomic mass is 32.1. The van der Waals surface area contributed by atoms with Crippen molar-refractivity contribution in [3.8, 4) is 17.2 Å². The van der Waals surface area contributed by atoms with E-state index in [1.165, 1.54) is 38.4 Å². The minimum absolute atomic E-state index is 0.00474. The Morgan fingerprint density at radius 1 is 1.15 bits per heavy atom. The molecule has 0 N–H and O–H groups in total. The molecule has 0 fully saturated rings. The molecule has 5 rings (SSSR count). The largest absolute Gasteiger partial charge is 0.493 e. The number of hydrogen-bond acceptors (Lipinski definition) is 10. The summed E-state index contributed by atoms with van der Waals surface area (Å²) >= 11 is 0.922. The number of amides is 1. The number of aryl methyl sites for hydroxylation is 1. The lowest BCUT2D eigenvalue weighted by Crippen LogP contribution is -2.29. The smallest absolute Gasteiger partial charge is 0.350 e. The molecule has 0 radical (unpaired) electrons. The second kappa shape index (κ2) is 10.5. The highest BCUT2D eigenvalue weighted by Crippen LogP contribution is 2.47. The van der Waals surface area contributed by atoms with E-state index in [1.807, 2.05) is 0 Å². The molecule has 1 atom stereocenters. The van der Waals surface area contributed by atoms with Crippen molar-refractivity contribution in [2.75, 3.05) is 32.8 Å². The van der Waals surface area contributed by atoms with Crippen molar-refractivity contribution in [1.29, 1.82) is 0 Å². The predicted molar refractivity (Wildman–Crippen MR) is 145 cm³/mol. The fourth-order valence-corrected chi connectivity index (χ4v) is 5.58. The third-order valence-corrected chi connectivity index (χ3v) is 7.48. The lowest BCUT2D eigenvalue weighted by atomic mass is 9.98. The molecule has 0 saturated carbocycles. The lowest BCUT2D eigenvalue weighted by molar-refractivity contribution is 0.0554. The number of carbonyl (C=O) groups excluding carboxylic acids is 2. The molecular formula is C28H23FN2O8S. The van der Waals surface area contributed by atoms with Crippen molar-refractivity contribution in [2.45, 2.75) is 13.0 Å². The van der Waals surface area contributed by atoms with Crippen LogP contribution in [0.2, 0.25) is 0 Å². The van der Waals surface area contributed by atoms with E-state index in [0.29, 0.717) is 17.0 Å². The highest BCUT2D eigenvalue weighted by molar-refractivity contribution is 7.17. The highest BCUT2D eigenvalue weighted by Gasteiger charge is 2.46. The van der Waals surface area contributed by atoms with Crippen LogP contribution in [0, 0.1) is 12.7 Å². The van der Waals surface area contributed by atoms with Crippen LogP contribution in [0.4, 0.5) is 9.52 Å². The molecule has 2 aromatic heterocycles. The van der Waals surface area contributed by atoms with Crippen LogP contribution in [0.1, 0.15) is 43.1 Å². The van der Waals surface area contributed by atoms with Gasteiger partial charge < -0.3 is 23.4 Å². The fourth-order valence-electron chi connectivity index (χ4n) is 4.59. The normalized spacial score (nSPS) is 14.3. The minimum Gasteiger partial charge on any atom is -0.493 e. The van der Waals surface area contributed by atoms with Crippen LogP contribution < -0.4 is 24.5 Å². The van der Waals surface area contributed by atoms with Crippen LogP contribution in [-0.4, -0.2) is 44.8 Å². The molecule has 12 heteroatoms. The summed E-state index contributed by atoms with van der Waals surface area (Å²) in [6.45, 7) is 5.13. The van der Waals surface area contributed by atoms with Gasteiger partial charge in [-0.25, -0.2) is 14.2 Å². The molecule has 206 valence electrons. The number of fused-ring (bicyclic) bond motifs is 2. The molecular weight excluding hydrogens is 543 g/mol. The summed E-state index contributed by atoms with van der Waals surface area (Å²) in [5.74, 6) is -1.32. The number of carbonyl (C=O) groups is 2. The number of nitrogens with zero attached hydrogens (tertiary/aromatic N) is 2. The van der Waals surface area contributed by atoms with E-state index in [-0.39, 0.29) is 50.4 Å². The summed E-state index contributed by atoms with van der Waals surface area (Å²) in [6.07, 6.45) is 1.43. The molecule has 0 saturated heterocycles. The Bertz CT molecular complexity index is 1720. The van der Waals surface area contributed by atoms with Crippen molar-refractivity contribution < 1.29 is 37.3 Å². The Morgan fingerprint density at radius 2 is 1.85 bits per heavy atom. The Balaban J connectivity index is 1.78. The van der Waals surface area contributed by atoms with Crippen LogP contribution in [0.15, 0.2) is 52.2 Å². The quantitative estimate of drug-likeness (QED) is 0.219. The maximum Gasteiger partial charge on any atom is 0.350 e. The van der Waals surface area contributed by atoms with Gasteiger partial charge in [-0.2, -0.15) is 0 Å². The summed E-state index contributed by atoms with van der Waals surface area (Å²) in [5, 5.41) is 0.0858. The van der Waals surface area contributed by atoms with E-state index in [2.05, 4.69) is 11.6 Å². The van der Waals surface area contributed by atoms with Crippen molar-refractivity contribution in [1.82, 2.24) is 4.98 Å². The zero-order valence-electron chi connectivity index (χ0n) is 21.9. The maximum absolute atomic E-state index is 14.1. The Kier molecular flexibility index (Phi) is 7.03. The van der Waals surface area contributed by atoms with E-state index in [0.717, 1.165) is 23.5 Å². The number of anilines is 1. The van der Waals surface area contributed by atoms with Crippen molar-refractivity contribution >= 4 is 39.3 Å². The maximum atomic E-state index is 14.1.